The second kappa shape index (κ2) is 20.3. The van der Waals surface area contributed by atoms with Crippen molar-refractivity contribution < 1.29 is 18.9 Å². The molecule has 0 saturated heterocycles. The molecule has 0 heterocycles. The van der Waals surface area contributed by atoms with Crippen molar-refractivity contribution in [1.29, 1.82) is 0 Å². The van der Waals surface area contributed by atoms with E-state index in [4.69, 9.17) is 18.9 Å². The Kier molecular flexibility index (Phi) is 19.9. The highest BCUT2D eigenvalue weighted by atomic mass is 16.9. The van der Waals surface area contributed by atoms with Crippen LogP contribution < -0.4 is 0 Å². The van der Waals surface area contributed by atoms with Crippen molar-refractivity contribution in [1.82, 2.24) is 0 Å². The standard InChI is InChI=1S/C26H52O4/c1-7-12-18-24(6)19-17-21-25(20-15-13-14-16-23-27-22-8-2)26(28-9-3,29-10-4)30-11-5/h8,22,24-25H,7,9-21,23H2,1-6H3. The van der Waals surface area contributed by atoms with Gasteiger partial charge in [0.05, 0.1) is 12.9 Å². The van der Waals surface area contributed by atoms with Gasteiger partial charge >= 0.3 is 0 Å². The predicted molar refractivity (Wildman–Crippen MR) is 127 cm³/mol. The summed E-state index contributed by atoms with van der Waals surface area (Å²) in [6.07, 6.45) is 17.0. The maximum atomic E-state index is 6.15. The molecule has 2 atom stereocenters. The Bertz CT molecular complexity index is 366. The second-order valence-electron chi connectivity index (χ2n) is 8.32. The lowest BCUT2D eigenvalue weighted by molar-refractivity contribution is -0.403. The van der Waals surface area contributed by atoms with Crippen molar-refractivity contribution in [3.8, 4) is 0 Å². The van der Waals surface area contributed by atoms with E-state index in [1.165, 1.54) is 51.4 Å². The van der Waals surface area contributed by atoms with Crippen molar-refractivity contribution in [2.24, 2.45) is 11.8 Å². The molecule has 0 aromatic heterocycles. The Morgan fingerprint density at radius 1 is 0.700 bits per heavy atom. The van der Waals surface area contributed by atoms with Gasteiger partial charge in [0.2, 0.25) is 0 Å². The highest BCUT2D eigenvalue weighted by molar-refractivity contribution is 4.74. The highest BCUT2D eigenvalue weighted by Crippen LogP contribution is 2.35. The molecule has 4 heteroatoms. The van der Waals surface area contributed by atoms with Crippen molar-refractivity contribution in [2.45, 2.75) is 118 Å². The SMILES string of the molecule is CC=COCCCCCCC(CCCC(C)CCCC)C(OCC)(OCC)OCC. The molecular formula is C26H52O4. The molecule has 0 aliphatic carbocycles. The Morgan fingerprint density at radius 2 is 1.27 bits per heavy atom. The van der Waals surface area contributed by atoms with Crippen LogP contribution in [0.3, 0.4) is 0 Å². The maximum absolute atomic E-state index is 6.15. The molecule has 0 N–H and O–H groups in total. The van der Waals surface area contributed by atoms with Gasteiger partial charge in [-0.2, -0.15) is 0 Å². The van der Waals surface area contributed by atoms with Crippen LogP contribution in [0, 0.1) is 11.8 Å². The van der Waals surface area contributed by atoms with Crippen molar-refractivity contribution in [2.75, 3.05) is 26.4 Å². The van der Waals surface area contributed by atoms with E-state index < -0.39 is 5.97 Å². The van der Waals surface area contributed by atoms with Gasteiger partial charge < -0.3 is 18.9 Å². The van der Waals surface area contributed by atoms with Crippen molar-refractivity contribution in [3.63, 3.8) is 0 Å². The van der Waals surface area contributed by atoms with Crippen LogP contribution in [0.1, 0.15) is 112 Å². The van der Waals surface area contributed by atoms with Gasteiger partial charge in [-0.25, -0.2) is 0 Å². The topological polar surface area (TPSA) is 36.9 Å². The van der Waals surface area contributed by atoms with E-state index in [0.717, 1.165) is 31.8 Å². The summed E-state index contributed by atoms with van der Waals surface area (Å²) in [5, 5.41) is 0. The normalized spacial score (nSPS) is 14.3. The van der Waals surface area contributed by atoms with Crippen molar-refractivity contribution in [3.05, 3.63) is 12.3 Å². The zero-order valence-corrected chi connectivity index (χ0v) is 21.0. The second-order valence-corrected chi connectivity index (χ2v) is 8.32. The van der Waals surface area contributed by atoms with Gasteiger partial charge in [0.15, 0.2) is 0 Å². The largest absolute Gasteiger partial charge is 0.502 e. The molecule has 0 radical (unpaired) electrons. The minimum atomic E-state index is -0.889. The fraction of sp³-hybridized carbons (Fsp3) is 0.923. The summed E-state index contributed by atoms with van der Waals surface area (Å²) in [6, 6.07) is 0. The number of unbranched alkanes of at least 4 members (excludes halogenated alkanes) is 4. The average molecular weight is 429 g/mol. The Labute approximate surface area is 188 Å². The fourth-order valence-electron chi connectivity index (χ4n) is 4.08. The molecule has 0 rings (SSSR count). The summed E-state index contributed by atoms with van der Waals surface area (Å²) in [4.78, 5) is 0. The van der Waals surface area contributed by atoms with Crippen LogP contribution in [-0.4, -0.2) is 32.4 Å². The molecule has 0 fully saturated rings. The molecular weight excluding hydrogens is 376 g/mol. The Hall–Kier alpha value is -0.580. The number of ether oxygens (including phenoxy) is 4. The summed E-state index contributed by atoms with van der Waals surface area (Å²) in [5.41, 5.74) is 0. The average Bonchev–Trinajstić information content (AvgIpc) is 2.73. The Morgan fingerprint density at radius 3 is 1.83 bits per heavy atom. The third-order valence-corrected chi connectivity index (χ3v) is 5.63. The van der Waals surface area contributed by atoms with Gasteiger partial charge in [-0.3, -0.25) is 0 Å². The number of hydrogen-bond acceptors (Lipinski definition) is 4. The quantitative estimate of drug-likeness (QED) is 0.0998. The van der Waals surface area contributed by atoms with E-state index in [9.17, 15) is 0 Å². The third-order valence-electron chi connectivity index (χ3n) is 5.63. The number of rotatable bonds is 22. The van der Waals surface area contributed by atoms with Crippen LogP contribution in [-0.2, 0) is 18.9 Å². The van der Waals surface area contributed by atoms with Gasteiger partial charge in [-0.15, -0.1) is 0 Å². The van der Waals surface area contributed by atoms with E-state index in [2.05, 4.69) is 13.8 Å². The summed E-state index contributed by atoms with van der Waals surface area (Å²) < 4.78 is 23.9. The molecule has 0 amide bonds. The molecule has 0 aromatic rings. The molecule has 0 saturated carbocycles. The van der Waals surface area contributed by atoms with E-state index in [-0.39, 0.29) is 5.92 Å². The van der Waals surface area contributed by atoms with Gasteiger partial charge in [0, 0.05) is 25.7 Å². The number of allylic oxidation sites excluding steroid dienone is 1. The van der Waals surface area contributed by atoms with Gasteiger partial charge in [0.1, 0.15) is 0 Å². The first-order valence-electron chi connectivity index (χ1n) is 12.7. The summed E-state index contributed by atoms with van der Waals surface area (Å²) in [5.74, 6) is 0.179. The maximum Gasteiger partial charge on any atom is 0.285 e. The van der Waals surface area contributed by atoms with Crippen LogP contribution in [0.5, 0.6) is 0 Å². The minimum Gasteiger partial charge on any atom is -0.502 e. The lowest BCUT2D eigenvalue weighted by atomic mass is 9.89. The van der Waals surface area contributed by atoms with Crippen LogP contribution >= 0.6 is 0 Å². The molecule has 2 unspecified atom stereocenters. The molecule has 0 spiro atoms. The first-order chi connectivity index (χ1) is 14.6. The van der Waals surface area contributed by atoms with E-state index >= 15 is 0 Å². The first kappa shape index (κ1) is 29.4. The van der Waals surface area contributed by atoms with Crippen LogP contribution in [0.15, 0.2) is 12.3 Å². The van der Waals surface area contributed by atoms with Gasteiger partial charge in [0.25, 0.3) is 5.97 Å². The molecule has 0 aliphatic heterocycles. The van der Waals surface area contributed by atoms with Crippen LogP contribution in [0.4, 0.5) is 0 Å². The van der Waals surface area contributed by atoms with Crippen LogP contribution in [0.25, 0.3) is 0 Å². The zero-order valence-electron chi connectivity index (χ0n) is 21.0. The molecule has 180 valence electrons. The fourth-order valence-corrected chi connectivity index (χ4v) is 4.08. The molecule has 30 heavy (non-hydrogen) atoms. The summed E-state index contributed by atoms with van der Waals surface area (Å²) in [6.45, 7) is 15.3. The molecule has 0 aliphatic rings. The lowest BCUT2D eigenvalue weighted by Gasteiger charge is -2.39. The predicted octanol–water partition coefficient (Wildman–Crippen LogP) is 7.86. The lowest BCUT2D eigenvalue weighted by Crippen LogP contribution is -2.46. The monoisotopic (exact) mass is 428 g/mol. The van der Waals surface area contributed by atoms with Crippen LogP contribution in [0.2, 0.25) is 0 Å². The van der Waals surface area contributed by atoms with Gasteiger partial charge in [-0.05, 0) is 52.9 Å². The van der Waals surface area contributed by atoms with E-state index in [1.807, 2.05) is 33.8 Å². The highest BCUT2D eigenvalue weighted by Gasteiger charge is 2.41. The zero-order chi connectivity index (χ0) is 22.5. The van der Waals surface area contributed by atoms with Gasteiger partial charge in [-0.1, -0.05) is 71.3 Å². The molecule has 0 bridgehead atoms. The summed E-state index contributed by atoms with van der Waals surface area (Å²) in [7, 11) is 0. The molecule has 4 nitrogen and oxygen atoms in total. The van der Waals surface area contributed by atoms with Crippen molar-refractivity contribution >= 4 is 0 Å². The summed E-state index contributed by atoms with van der Waals surface area (Å²) >= 11 is 0. The van der Waals surface area contributed by atoms with E-state index in [0.29, 0.717) is 19.8 Å². The first-order valence-corrected chi connectivity index (χ1v) is 12.7. The smallest absolute Gasteiger partial charge is 0.285 e. The molecule has 0 aromatic carbocycles. The Balaban J connectivity index is 4.78. The third kappa shape index (κ3) is 13.7. The minimum absolute atomic E-state index is 0.273. The van der Waals surface area contributed by atoms with E-state index in [1.54, 1.807) is 6.26 Å². The number of hydrogen-bond donors (Lipinski definition) is 0.